The van der Waals surface area contributed by atoms with E-state index in [2.05, 4.69) is 16.0 Å². The maximum Gasteiger partial charge on any atom is 0.452 e. The van der Waals surface area contributed by atoms with Crippen LogP contribution in [0.4, 0.5) is 13.2 Å². The molecule has 0 saturated carbocycles. The smallest absolute Gasteiger partial charge is 0.452 e. The number of Topliss-reactive ketones (excluding diaryl/α,β-unsaturated/α-hetero) is 1. The molecule has 1 fully saturated rings. The first-order valence-corrected chi connectivity index (χ1v) is 11.4. The number of carbonyl (C=O) groups is 6. The molecule has 4 N–H and O–H groups in total. The molecule has 1 saturated heterocycles. The highest BCUT2D eigenvalue weighted by Gasteiger charge is 2.44. The molecule has 0 spiro atoms. The maximum absolute atomic E-state index is 12.9. The van der Waals surface area contributed by atoms with Gasteiger partial charge in [0.25, 0.3) is 17.6 Å². The Morgan fingerprint density at radius 1 is 1.03 bits per heavy atom. The second-order valence-corrected chi connectivity index (χ2v) is 8.37. The molecule has 37 heavy (non-hydrogen) atoms. The summed E-state index contributed by atoms with van der Waals surface area (Å²) in [5.41, 5.74) is 0.212. The summed E-state index contributed by atoms with van der Waals surface area (Å²) in [6, 6.07) is 1.24. The van der Waals surface area contributed by atoms with Crippen molar-refractivity contribution in [3.8, 4) is 0 Å². The summed E-state index contributed by atoms with van der Waals surface area (Å²) < 4.78 is 38.3. The molecule has 0 aromatic heterocycles. The van der Waals surface area contributed by atoms with Crippen LogP contribution < -0.4 is 16.0 Å². The summed E-state index contributed by atoms with van der Waals surface area (Å²) in [5.74, 6) is -6.14. The fourth-order valence-electron chi connectivity index (χ4n) is 3.74. The standard InChI is InChI=1S/C23H27F3N4O7/c1-3-15(18(33)23(24,25)26)29-21(36)16-5-4-10-30(16)22(37)12(2)28-20(35)14-8-6-13(7-9-14)19(34)27-11-17(31)32/h6-9,12,15-16H,3-5,10-11H2,1-2H3,(H,27,34)(H,28,35)(H,29,36)(H,31,32)/t12-,15?,16-/m0/s1. The minimum atomic E-state index is -5.11. The third kappa shape index (κ3) is 7.75. The lowest BCUT2D eigenvalue weighted by Crippen LogP contribution is -2.55. The number of aliphatic carboxylic acids is 1. The van der Waals surface area contributed by atoms with Crippen LogP contribution in [0.1, 0.15) is 53.8 Å². The van der Waals surface area contributed by atoms with Crippen molar-refractivity contribution >= 4 is 35.4 Å². The van der Waals surface area contributed by atoms with Gasteiger partial charge in [-0.15, -0.1) is 0 Å². The Morgan fingerprint density at radius 3 is 2.11 bits per heavy atom. The molecule has 0 aliphatic carbocycles. The van der Waals surface area contributed by atoms with Crippen LogP contribution in [-0.2, 0) is 19.2 Å². The summed E-state index contributed by atoms with van der Waals surface area (Å²) in [5, 5.41) is 15.3. The van der Waals surface area contributed by atoms with Gasteiger partial charge in [-0.25, -0.2) is 0 Å². The first kappa shape index (κ1) is 29.3. The van der Waals surface area contributed by atoms with Crippen LogP contribution in [-0.4, -0.2) is 82.8 Å². The number of hydrogen-bond acceptors (Lipinski definition) is 6. The number of carboxylic acid groups (broad SMARTS) is 1. The molecule has 1 aromatic carbocycles. The Labute approximate surface area is 209 Å². The molecule has 4 amide bonds. The number of rotatable bonds is 10. The molecule has 202 valence electrons. The van der Waals surface area contributed by atoms with Gasteiger partial charge in [-0.2, -0.15) is 13.2 Å². The number of nitrogens with one attached hydrogen (secondary N) is 3. The van der Waals surface area contributed by atoms with Gasteiger partial charge in [-0.3, -0.25) is 28.8 Å². The third-order valence-corrected chi connectivity index (χ3v) is 5.69. The molecular weight excluding hydrogens is 501 g/mol. The topological polar surface area (TPSA) is 162 Å². The number of carboxylic acids is 1. The van der Waals surface area contributed by atoms with Crippen molar-refractivity contribution in [2.24, 2.45) is 0 Å². The van der Waals surface area contributed by atoms with Crippen molar-refractivity contribution in [1.82, 2.24) is 20.9 Å². The fourth-order valence-corrected chi connectivity index (χ4v) is 3.74. The average Bonchev–Trinajstić information content (AvgIpc) is 3.34. The lowest BCUT2D eigenvalue weighted by molar-refractivity contribution is -0.174. The van der Waals surface area contributed by atoms with Gasteiger partial charge < -0.3 is 26.0 Å². The van der Waals surface area contributed by atoms with E-state index in [0.29, 0.717) is 6.42 Å². The first-order valence-electron chi connectivity index (χ1n) is 11.4. The van der Waals surface area contributed by atoms with Crippen LogP contribution in [0.15, 0.2) is 24.3 Å². The lowest BCUT2D eigenvalue weighted by Gasteiger charge is -2.28. The molecule has 0 bridgehead atoms. The molecule has 1 heterocycles. The molecule has 1 unspecified atom stereocenters. The molecule has 3 atom stereocenters. The van der Waals surface area contributed by atoms with E-state index in [1.54, 1.807) is 0 Å². The van der Waals surface area contributed by atoms with E-state index >= 15 is 0 Å². The Balaban J connectivity index is 2.00. The number of carbonyl (C=O) groups excluding carboxylic acids is 5. The van der Waals surface area contributed by atoms with E-state index in [4.69, 9.17) is 5.11 Å². The molecule has 1 aliphatic rings. The van der Waals surface area contributed by atoms with Crippen molar-refractivity contribution in [3.63, 3.8) is 0 Å². The van der Waals surface area contributed by atoms with Gasteiger partial charge in [0.05, 0.1) is 6.04 Å². The van der Waals surface area contributed by atoms with Gasteiger partial charge in [-0.05, 0) is 50.5 Å². The Morgan fingerprint density at radius 2 is 1.59 bits per heavy atom. The number of hydrogen-bond donors (Lipinski definition) is 4. The summed E-state index contributed by atoms with van der Waals surface area (Å²) in [6.07, 6.45) is -4.81. The van der Waals surface area contributed by atoms with E-state index in [1.165, 1.54) is 38.1 Å². The third-order valence-electron chi connectivity index (χ3n) is 5.69. The van der Waals surface area contributed by atoms with Gasteiger partial charge >= 0.3 is 12.1 Å². The van der Waals surface area contributed by atoms with Crippen LogP contribution >= 0.6 is 0 Å². The molecule has 0 radical (unpaired) electrons. The van der Waals surface area contributed by atoms with Crippen molar-refractivity contribution in [3.05, 3.63) is 35.4 Å². The normalized spacial score (nSPS) is 16.9. The molecular formula is C23H27F3N4O7. The maximum atomic E-state index is 12.9. The monoisotopic (exact) mass is 528 g/mol. The number of likely N-dealkylation sites (tertiary alicyclic amines) is 1. The van der Waals surface area contributed by atoms with Gasteiger partial charge in [0.15, 0.2) is 0 Å². The quantitative estimate of drug-likeness (QED) is 0.346. The Kier molecular flexibility index (Phi) is 9.74. The number of nitrogens with zero attached hydrogens (tertiary/aromatic N) is 1. The molecule has 14 heteroatoms. The summed E-state index contributed by atoms with van der Waals surface area (Å²) in [4.78, 5) is 73.2. The van der Waals surface area contributed by atoms with E-state index in [9.17, 15) is 41.9 Å². The first-order chi connectivity index (χ1) is 17.3. The minimum Gasteiger partial charge on any atom is -0.480 e. The van der Waals surface area contributed by atoms with Crippen LogP contribution in [0.3, 0.4) is 0 Å². The zero-order valence-corrected chi connectivity index (χ0v) is 20.1. The zero-order chi connectivity index (χ0) is 27.9. The van der Waals surface area contributed by atoms with Crippen molar-refractivity contribution < 1.29 is 47.0 Å². The second-order valence-electron chi connectivity index (χ2n) is 8.37. The van der Waals surface area contributed by atoms with Gasteiger partial charge in [0, 0.05) is 17.7 Å². The predicted molar refractivity (Wildman–Crippen MR) is 121 cm³/mol. The van der Waals surface area contributed by atoms with Crippen molar-refractivity contribution in [1.29, 1.82) is 0 Å². The molecule has 2 rings (SSSR count). The van der Waals surface area contributed by atoms with Gasteiger partial charge in [0.1, 0.15) is 18.6 Å². The van der Waals surface area contributed by atoms with Crippen molar-refractivity contribution in [2.75, 3.05) is 13.1 Å². The van der Waals surface area contributed by atoms with Crippen LogP contribution in [0, 0.1) is 0 Å². The summed E-state index contributed by atoms with van der Waals surface area (Å²) in [6.45, 7) is 2.26. The number of halogens is 3. The van der Waals surface area contributed by atoms with E-state index in [-0.39, 0.29) is 30.5 Å². The number of ketones is 1. The Hall–Kier alpha value is -3.97. The predicted octanol–water partition coefficient (Wildman–Crippen LogP) is 0.637. The summed E-state index contributed by atoms with van der Waals surface area (Å²) in [7, 11) is 0. The Bertz CT molecular complexity index is 1060. The van der Waals surface area contributed by atoms with Crippen LogP contribution in [0.5, 0.6) is 0 Å². The minimum absolute atomic E-state index is 0.0987. The fraction of sp³-hybridized carbons (Fsp3) is 0.478. The molecule has 11 nitrogen and oxygen atoms in total. The highest BCUT2D eigenvalue weighted by molar-refractivity contribution is 6.01. The number of alkyl halides is 3. The average molecular weight is 528 g/mol. The largest absolute Gasteiger partial charge is 0.480 e. The zero-order valence-electron chi connectivity index (χ0n) is 20.1. The second kappa shape index (κ2) is 12.3. The van der Waals surface area contributed by atoms with Crippen LogP contribution in [0.25, 0.3) is 0 Å². The summed E-state index contributed by atoms with van der Waals surface area (Å²) >= 11 is 0. The number of benzene rings is 1. The highest BCUT2D eigenvalue weighted by Crippen LogP contribution is 2.22. The van der Waals surface area contributed by atoms with Gasteiger partial charge in [0.2, 0.25) is 11.8 Å². The molecule has 1 aromatic rings. The number of amides is 4. The van der Waals surface area contributed by atoms with E-state index < -0.39 is 66.2 Å². The SMILES string of the molecule is CCC(NC(=O)[C@@H]1CCCN1C(=O)[C@H](C)NC(=O)c1ccc(C(=O)NCC(=O)O)cc1)C(=O)C(F)(F)F. The highest BCUT2D eigenvalue weighted by atomic mass is 19.4. The van der Waals surface area contributed by atoms with E-state index in [1.807, 2.05) is 0 Å². The molecule has 1 aliphatic heterocycles. The van der Waals surface area contributed by atoms with Crippen LogP contribution in [0.2, 0.25) is 0 Å². The van der Waals surface area contributed by atoms with Gasteiger partial charge in [-0.1, -0.05) is 6.92 Å². The van der Waals surface area contributed by atoms with Crippen molar-refractivity contribution in [2.45, 2.75) is 57.4 Å². The van der Waals surface area contributed by atoms with E-state index in [0.717, 1.165) is 4.90 Å². The lowest BCUT2D eigenvalue weighted by atomic mass is 10.1.